The van der Waals surface area contributed by atoms with Gasteiger partial charge in [-0.2, -0.15) is 0 Å². The van der Waals surface area contributed by atoms with E-state index in [1.165, 1.54) is 12.1 Å². The molecule has 0 saturated carbocycles. The highest BCUT2D eigenvalue weighted by molar-refractivity contribution is 5.89. The van der Waals surface area contributed by atoms with E-state index in [-0.39, 0.29) is 29.8 Å². The summed E-state index contributed by atoms with van der Waals surface area (Å²) < 4.78 is 39.1. The van der Waals surface area contributed by atoms with E-state index in [2.05, 4.69) is 29.4 Å². The molecule has 0 fully saturated rings. The Hall–Kier alpha value is -3.27. The number of rotatable bonds is 7. The van der Waals surface area contributed by atoms with Crippen LogP contribution in [0.3, 0.4) is 0 Å². The summed E-state index contributed by atoms with van der Waals surface area (Å²) in [6.45, 7) is 5.45. The molecule has 2 atom stereocenters. The first kappa shape index (κ1) is 23.4. The Kier molecular flexibility index (Phi) is 7.24. The zero-order chi connectivity index (χ0) is 23.4. The molecule has 172 valence electrons. The number of nitrogens with one attached hydrogen (secondary N) is 1. The molecule has 2 unspecified atom stereocenters. The fraction of sp³-hybridized carbons (Fsp3) is 0.409. The number of benzene rings is 1. The van der Waals surface area contributed by atoms with Crippen molar-refractivity contribution in [3.63, 3.8) is 0 Å². The van der Waals surface area contributed by atoms with Gasteiger partial charge in [0.2, 0.25) is 5.89 Å². The normalized spacial score (nSPS) is 19.5. The number of aryl methyl sites for hydroxylation is 1. The number of ether oxygens (including phenoxy) is 1. The second-order valence-electron chi connectivity index (χ2n) is 8.09. The lowest BCUT2D eigenvalue weighted by Gasteiger charge is -2.33. The molecular formula is C22H27F2N5O3. The minimum atomic E-state index is -0.755. The van der Waals surface area contributed by atoms with Gasteiger partial charge in [0.15, 0.2) is 0 Å². The van der Waals surface area contributed by atoms with Crippen LogP contribution in [0.2, 0.25) is 0 Å². The maximum absolute atomic E-state index is 14.1. The molecule has 3 rings (SSSR count). The standard InChI is InChI=1S/C22H27F2N5O3/c1-11(2)13-7-14(8-17(25)20-15(23)5-4-6-16(20)24)21(26)18(9-13)31-10-19(30)27-22-29-28-12(3)32-22/h4-6,8,11,13,18H,7,9-10,25-26H2,1-3H3,(H,27,29,30)/b17-8-. The second-order valence-corrected chi connectivity index (χ2v) is 8.09. The van der Waals surface area contributed by atoms with Crippen molar-refractivity contribution < 1.29 is 22.7 Å². The number of allylic oxidation sites excluding steroid dienone is 2. The van der Waals surface area contributed by atoms with Crippen LogP contribution in [0.1, 0.15) is 38.1 Å². The minimum Gasteiger partial charge on any atom is -0.408 e. The van der Waals surface area contributed by atoms with E-state index in [9.17, 15) is 13.6 Å². The molecule has 1 aromatic heterocycles. The number of hydrogen-bond donors (Lipinski definition) is 3. The fourth-order valence-electron chi connectivity index (χ4n) is 3.61. The molecule has 2 aromatic rings. The molecule has 5 N–H and O–H groups in total. The molecule has 0 radical (unpaired) electrons. The summed E-state index contributed by atoms with van der Waals surface area (Å²) in [5.41, 5.74) is 13.0. The Bertz CT molecular complexity index is 1030. The largest absolute Gasteiger partial charge is 0.408 e. The van der Waals surface area contributed by atoms with Crippen LogP contribution < -0.4 is 16.8 Å². The molecule has 0 aliphatic heterocycles. The van der Waals surface area contributed by atoms with E-state index in [1.54, 1.807) is 6.92 Å². The number of anilines is 1. The summed E-state index contributed by atoms with van der Waals surface area (Å²) in [5.74, 6) is -1.19. The van der Waals surface area contributed by atoms with Crippen LogP contribution in [0.4, 0.5) is 14.8 Å². The van der Waals surface area contributed by atoms with Crippen molar-refractivity contribution in [3.05, 3.63) is 58.6 Å². The van der Waals surface area contributed by atoms with Crippen molar-refractivity contribution in [2.45, 2.75) is 39.7 Å². The monoisotopic (exact) mass is 447 g/mol. The van der Waals surface area contributed by atoms with Gasteiger partial charge in [0.1, 0.15) is 18.2 Å². The van der Waals surface area contributed by atoms with E-state index in [0.717, 1.165) is 12.1 Å². The van der Waals surface area contributed by atoms with Gasteiger partial charge in [-0.15, -0.1) is 5.10 Å². The zero-order valence-corrected chi connectivity index (χ0v) is 18.2. The quantitative estimate of drug-likeness (QED) is 0.594. The molecule has 0 spiro atoms. The van der Waals surface area contributed by atoms with Crippen molar-refractivity contribution in [3.8, 4) is 0 Å². The van der Waals surface area contributed by atoms with Gasteiger partial charge in [0.25, 0.3) is 5.91 Å². The van der Waals surface area contributed by atoms with Crippen molar-refractivity contribution in [1.29, 1.82) is 0 Å². The third-order valence-corrected chi connectivity index (χ3v) is 5.43. The summed E-state index contributed by atoms with van der Waals surface area (Å²) in [4.78, 5) is 12.2. The van der Waals surface area contributed by atoms with E-state index < -0.39 is 23.6 Å². The number of carbonyl (C=O) groups is 1. The molecule has 0 bridgehead atoms. The lowest BCUT2D eigenvalue weighted by atomic mass is 9.78. The Labute approximate surface area is 184 Å². The third-order valence-electron chi connectivity index (χ3n) is 5.43. The maximum atomic E-state index is 14.1. The number of nitrogens with zero attached hydrogens (tertiary/aromatic N) is 2. The van der Waals surface area contributed by atoms with Gasteiger partial charge < -0.3 is 20.6 Å². The molecular weight excluding hydrogens is 420 g/mol. The average molecular weight is 447 g/mol. The molecule has 1 heterocycles. The van der Waals surface area contributed by atoms with Gasteiger partial charge in [-0.1, -0.05) is 25.0 Å². The summed E-state index contributed by atoms with van der Waals surface area (Å²) in [7, 11) is 0. The van der Waals surface area contributed by atoms with Crippen molar-refractivity contribution in [1.82, 2.24) is 10.2 Å². The topological polar surface area (TPSA) is 129 Å². The van der Waals surface area contributed by atoms with E-state index in [4.69, 9.17) is 20.6 Å². The van der Waals surface area contributed by atoms with Gasteiger partial charge in [-0.05, 0) is 48.5 Å². The Balaban J connectivity index is 1.79. The van der Waals surface area contributed by atoms with E-state index >= 15 is 0 Å². The zero-order valence-electron chi connectivity index (χ0n) is 18.2. The molecule has 1 aliphatic rings. The number of hydrogen-bond acceptors (Lipinski definition) is 7. The molecule has 1 aliphatic carbocycles. The van der Waals surface area contributed by atoms with Crippen LogP contribution >= 0.6 is 0 Å². The number of halogens is 2. The van der Waals surface area contributed by atoms with Crippen LogP contribution in [0.15, 0.2) is 40.0 Å². The first-order chi connectivity index (χ1) is 15.2. The van der Waals surface area contributed by atoms with Crippen molar-refractivity contribution in [2.24, 2.45) is 23.3 Å². The molecule has 0 saturated heterocycles. The lowest BCUT2D eigenvalue weighted by molar-refractivity contribution is -0.122. The fourth-order valence-corrected chi connectivity index (χ4v) is 3.61. The predicted molar refractivity (Wildman–Crippen MR) is 115 cm³/mol. The lowest BCUT2D eigenvalue weighted by Crippen LogP contribution is -2.34. The van der Waals surface area contributed by atoms with Crippen LogP contribution in [0, 0.1) is 30.4 Å². The molecule has 1 aromatic carbocycles. The van der Waals surface area contributed by atoms with Gasteiger partial charge in [-0.25, -0.2) is 8.78 Å². The van der Waals surface area contributed by atoms with E-state index in [1.807, 2.05) is 0 Å². The number of nitrogens with two attached hydrogens (primary N) is 2. The smallest absolute Gasteiger partial charge is 0.322 e. The molecule has 10 heteroatoms. The van der Waals surface area contributed by atoms with E-state index in [0.29, 0.717) is 35.9 Å². The average Bonchev–Trinajstić information content (AvgIpc) is 3.12. The third kappa shape index (κ3) is 5.50. The number of carbonyl (C=O) groups excluding carboxylic acids is 1. The van der Waals surface area contributed by atoms with Gasteiger partial charge in [-0.3, -0.25) is 10.1 Å². The Morgan fingerprint density at radius 3 is 2.62 bits per heavy atom. The van der Waals surface area contributed by atoms with Gasteiger partial charge in [0, 0.05) is 18.3 Å². The van der Waals surface area contributed by atoms with Crippen LogP contribution in [-0.2, 0) is 9.53 Å². The first-order valence-corrected chi connectivity index (χ1v) is 10.3. The highest BCUT2D eigenvalue weighted by Gasteiger charge is 2.30. The summed E-state index contributed by atoms with van der Waals surface area (Å²) in [6.07, 6.45) is 2.11. The maximum Gasteiger partial charge on any atom is 0.322 e. The Morgan fingerprint density at radius 2 is 2.03 bits per heavy atom. The van der Waals surface area contributed by atoms with Gasteiger partial charge >= 0.3 is 6.01 Å². The summed E-state index contributed by atoms with van der Waals surface area (Å²) >= 11 is 0. The SMILES string of the molecule is Cc1nnc(NC(=O)COC2CC(C(C)C)CC(/C=C(\N)c3c(F)cccc3F)=C2N)o1. The van der Waals surface area contributed by atoms with Gasteiger partial charge in [0.05, 0.1) is 11.7 Å². The van der Waals surface area contributed by atoms with Crippen LogP contribution in [0.5, 0.6) is 0 Å². The Morgan fingerprint density at radius 1 is 1.34 bits per heavy atom. The molecule has 1 amide bonds. The summed E-state index contributed by atoms with van der Waals surface area (Å²) in [5, 5.41) is 9.78. The number of amides is 1. The van der Waals surface area contributed by atoms with Crippen LogP contribution in [0.25, 0.3) is 5.70 Å². The highest BCUT2D eigenvalue weighted by Crippen LogP contribution is 2.35. The number of aromatic nitrogens is 2. The first-order valence-electron chi connectivity index (χ1n) is 10.3. The second kappa shape index (κ2) is 9.90. The molecule has 8 nitrogen and oxygen atoms in total. The predicted octanol–water partition coefficient (Wildman–Crippen LogP) is 3.26. The van der Waals surface area contributed by atoms with Crippen molar-refractivity contribution >= 4 is 17.6 Å². The summed E-state index contributed by atoms with van der Waals surface area (Å²) in [6, 6.07) is 3.54. The highest BCUT2D eigenvalue weighted by atomic mass is 19.1. The minimum absolute atomic E-state index is 0.0216. The van der Waals surface area contributed by atoms with Crippen molar-refractivity contribution in [2.75, 3.05) is 11.9 Å². The van der Waals surface area contributed by atoms with Crippen LogP contribution in [-0.4, -0.2) is 28.8 Å². The molecule has 32 heavy (non-hydrogen) atoms.